The molecule has 0 saturated carbocycles. The predicted octanol–water partition coefficient (Wildman–Crippen LogP) is 3.65. The second-order valence-electron chi connectivity index (χ2n) is 7.52. The minimum Gasteiger partial charge on any atom is -0.369 e. The van der Waals surface area contributed by atoms with Crippen molar-refractivity contribution in [3.8, 4) is 0 Å². The van der Waals surface area contributed by atoms with Crippen molar-refractivity contribution in [1.29, 1.82) is 0 Å². The molecule has 2 aromatic carbocycles. The van der Waals surface area contributed by atoms with E-state index in [1.807, 2.05) is 18.3 Å². The number of pyridine rings is 1. The van der Waals surface area contributed by atoms with E-state index in [9.17, 15) is 13.6 Å². The number of hydrogen-bond donors (Lipinski definition) is 1. The smallest absolute Gasteiger partial charge is 0.251 e. The summed E-state index contributed by atoms with van der Waals surface area (Å²) >= 11 is 0. The van der Waals surface area contributed by atoms with Crippen LogP contribution in [-0.4, -0.2) is 48.5 Å². The molecule has 2 heterocycles. The van der Waals surface area contributed by atoms with E-state index in [-0.39, 0.29) is 23.6 Å². The molecule has 0 spiro atoms. The zero-order valence-electron chi connectivity index (χ0n) is 17.0. The van der Waals surface area contributed by atoms with Crippen LogP contribution >= 0.6 is 0 Å². The highest BCUT2D eigenvalue weighted by atomic mass is 19.1. The summed E-state index contributed by atoms with van der Waals surface area (Å²) in [5.41, 5.74) is 2.45. The molecule has 0 unspecified atom stereocenters. The number of halogens is 2. The third-order valence-electron chi connectivity index (χ3n) is 5.58. The van der Waals surface area contributed by atoms with Crippen molar-refractivity contribution in [1.82, 2.24) is 15.2 Å². The van der Waals surface area contributed by atoms with E-state index in [1.54, 1.807) is 18.3 Å². The molecule has 3 aromatic rings. The Morgan fingerprint density at radius 2 is 1.58 bits per heavy atom. The van der Waals surface area contributed by atoms with E-state index in [4.69, 9.17) is 0 Å². The average Bonchev–Trinajstić information content (AvgIpc) is 2.81. The fourth-order valence-corrected chi connectivity index (χ4v) is 3.87. The molecule has 1 saturated heterocycles. The van der Waals surface area contributed by atoms with Gasteiger partial charge < -0.3 is 10.2 Å². The summed E-state index contributed by atoms with van der Waals surface area (Å²) in [6, 6.07) is 15.9. The zero-order chi connectivity index (χ0) is 21.6. The van der Waals surface area contributed by atoms with Gasteiger partial charge in [-0.25, -0.2) is 8.78 Å². The summed E-state index contributed by atoms with van der Waals surface area (Å²) in [5.74, 6) is -0.849. The van der Waals surface area contributed by atoms with Crippen LogP contribution in [-0.2, 0) is 0 Å². The molecule has 0 radical (unpaired) electrons. The fraction of sp³-hybridized carbons (Fsp3) is 0.250. The summed E-state index contributed by atoms with van der Waals surface area (Å²) < 4.78 is 26.4. The minimum atomic E-state index is -0.371. The third-order valence-corrected chi connectivity index (χ3v) is 5.58. The average molecular weight is 422 g/mol. The second kappa shape index (κ2) is 9.66. The monoisotopic (exact) mass is 422 g/mol. The Kier molecular flexibility index (Phi) is 6.52. The van der Waals surface area contributed by atoms with Gasteiger partial charge in [-0.1, -0.05) is 6.07 Å². The topological polar surface area (TPSA) is 48.5 Å². The summed E-state index contributed by atoms with van der Waals surface area (Å²) in [6.07, 6.45) is 3.55. The maximum atomic E-state index is 13.2. The Morgan fingerprint density at radius 1 is 0.935 bits per heavy atom. The molecule has 1 amide bonds. The van der Waals surface area contributed by atoms with E-state index >= 15 is 0 Å². The maximum absolute atomic E-state index is 13.2. The first-order chi connectivity index (χ1) is 15.1. The van der Waals surface area contributed by atoms with Crippen molar-refractivity contribution in [2.45, 2.75) is 6.04 Å². The maximum Gasteiger partial charge on any atom is 0.251 e. The lowest BCUT2D eigenvalue weighted by atomic mass is 10.1. The molecule has 4 rings (SSSR count). The fourth-order valence-electron chi connectivity index (χ4n) is 3.87. The van der Waals surface area contributed by atoms with Crippen LogP contribution in [0.3, 0.4) is 0 Å². The van der Waals surface area contributed by atoms with Crippen LogP contribution in [0.25, 0.3) is 0 Å². The van der Waals surface area contributed by atoms with E-state index in [1.165, 1.54) is 36.4 Å². The number of carbonyl (C=O) groups is 1. The number of nitrogens with zero attached hydrogens (tertiary/aromatic N) is 3. The number of nitrogens with one attached hydrogen (secondary N) is 1. The number of carbonyl (C=O) groups excluding carboxylic acids is 1. The molecule has 5 nitrogen and oxygen atoms in total. The summed E-state index contributed by atoms with van der Waals surface area (Å²) in [6.45, 7) is 3.60. The van der Waals surface area contributed by atoms with Crippen LogP contribution in [0.15, 0.2) is 73.1 Å². The molecule has 1 atom stereocenters. The van der Waals surface area contributed by atoms with Crippen LogP contribution in [0.1, 0.15) is 22.0 Å². The first kappa shape index (κ1) is 20.9. The summed E-state index contributed by atoms with van der Waals surface area (Å²) in [4.78, 5) is 21.3. The molecule has 1 aliphatic heterocycles. The molecular weight excluding hydrogens is 398 g/mol. The number of rotatable bonds is 6. The molecule has 7 heteroatoms. The van der Waals surface area contributed by atoms with E-state index in [0.717, 1.165) is 37.4 Å². The van der Waals surface area contributed by atoms with Crippen molar-refractivity contribution in [3.05, 3.63) is 95.8 Å². The highest BCUT2D eigenvalue weighted by Crippen LogP contribution is 2.24. The van der Waals surface area contributed by atoms with Crippen LogP contribution in [0.5, 0.6) is 0 Å². The number of anilines is 1. The van der Waals surface area contributed by atoms with Gasteiger partial charge in [0, 0.05) is 56.4 Å². The van der Waals surface area contributed by atoms with Gasteiger partial charge in [0.15, 0.2) is 0 Å². The van der Waals surface area contributed by atoms with Gasteiger partial charge in [0.25, 0.3) is 5.91 Å². The lowest BCUT2D eigenvalue weighted by molar-refractivity contribution is 0.0930. The number of benzene rings is 2. The van der Waals surface area contributed by atoms with Gasteiger partial charge in [-0.15, -0.1) is 0 Å². The Hall–Kier alpha value is -3.32. The van der Waals surface area contributed by atoms with Crippen LogP contribution in [0, 0.1) is 11.6 Å². The molecule has 1 aliphatic rings. The Bertz CT molecular complexity index is 988. The quantitative estimate of drug-likeness (QED) is 0.659. The molecule has 160 valence electrons. The standard InChI is InChI=1S/C24H24F2N4O/c25-20-5-3-18(4-6-20)24(31)28-17-23(19-2-1-11-27-16-19)30-14-12-29(13-15-30)22-9-7-21(26)8-10-22/h1-11,16,23H,12-15,17H2,(H,28,31)/t23-/m0/s1. The highest BCUT2D eigenvalue weighted by molar-refractivity contribution is 5.94. The van der Waals surface area contributed by atoms with Crippen molar-refractivity contribution in [2.75, 3.05) is 37.6 Å². The molecule has 0 bridgehead atoms. The Balaban J connectivity index is 1.43. The third kappa shape index (κ3) is 5.24. The van der Waals surface area contributed by atoms with Gasteiger partial charge >= 0.3 is 0 Å². The van der Waals surface area contributed by atoms with Gasteiger partial charge in [-0.3, -0.25) is 14.7 Å². The van der Waals surface area contributed by atoms with Gasteiger partial charge in [0.2, 0.25) is 0 Å². The SMILES string of the molecule is O=C(NC[C@@H](c1cccnc1)N1CCN(c2ccc(F)cc2)CC1)c1ccc(F)cc1. The van der Waals surface area contributed by atoms with E-state index in [2.05, 4.69) is 20.1 Å². The zero-order valence-corrected chi connectivity index (χ0v) is 17.0. The van der Waals surface area contributed by atoms with Gasteiger partial charge in [0.05, 0.1) is 6.04 Å². The lowest BCUT2D eigenvalue weighted by Gasteiger charge is -2.40. The van der Waals surface area contributed by atoms with E-state index in [0.29, 0.717) is 12.1 Å². The second-order valence-corrected chi connectivity index (χ2v) is 7.52. The molecular formula is C24H24F2N4O. The number of aromatic nitrogens is 1. The Labute approximate surface area is 180 Å². The van der Waals surface area contributed by atoms with E-state index < -0.39 is 0 Å². The normalized spacial score (nSPS) is 15.5. The number of piperazine rings is 1. The molecule has 1 N–H and O–H groups in total. The molecule has 0 aliphatic carbocycles. The van der Waals surface area contributed by atoms with Crippen molar-refractivity contribution >= 4 is 11.6 Å². The summed E-state index contributed by atoms with van der Waals surface area (Å²) in [5, 5.41) is 2.98. The molecule has 31 heavy (non-hydrogen) atoms. The summed E-state index contributed by atoms with van der Waals surface area (Å²) in [7, 11) is 0. The van der Waals surface area contributed by atoms with Gasteiger partial charge in [-0.2, -0.15) is 0 Å². The predicted molar refractivity (Wildman–Crippen MR) is 116 cm³/mol. The first-order valence-electron chi connectivity index (χ1n) is 10.3. The van der Waals surface area contributed by atoms with Crippen LogP contribution in [0.4, 0.5) is 14.5 Å². The lowest BCUT2D eigenvalue weighted by Crippen LogP contribution is -2.50. The van der Waals surface area contributed by atoms with Gasteiger partial charge in [-0.05, 0) is 60.2 Å². The van der Waals surface area contributed by atoms with Crippen LogP contribution in [0.2, 0.25) is 0 Å². The van der Waals surface area contributed by atoms with Crippen molar-refractivity contribution in [2.24, 2.45) is 0 Å². The highest BCUT2D eigenvalue weighted by Gasteiger charge is 2.26. The Morgan fingerprint density at radius 3 is 2.19 bits per heavy atom. The van der Waals surface area contributed by atoms with Gasteiger partial charge in [0.1, 0.15) is 11.6 Å². The molecule has 1 aromatic heterocycles. The first-order valence-corrected chi connectivity index (χ1v) is 10.3. The van der Waals surface area contributed by atoms with Crippen molar-refractivity contribution in [3.63, 3.8) is 0 Å². The van der Waals surface area contributed by atoms with Crippen LogP contribution < -0.4 is 10.2 Å². The largest absolute Gasteiger partial charge is 0.369 e. The minimum absolute atomic E-state index is 0.0338. The number of amides is 1. The molecule has 1 fully saturated rings. The van der Waals surface area contributed by atoms with Crippen molar-refractivity contribution < 1.29 is 13.6 Å². The number of hydrogen-bond acceptors (Lipinski definition) is 4.